The van der Waals surface area contributed by atoms with E-state index in [9.17, 15) is 4.79 Å². The summed E-state index contributed by atoms with van der Waals surface area (Å²) in [7, 11) is 0. The second-order valence-corrected chi connectivity index (χ2v) is 4.09. The van der Waals surface area contributed by atoms with Gasteiger partial charge >= 0.3 is 6.09 Å². The molecule has 1 aliphatic rings. The Kier molecular flexibility index (Phi) is 4.38. The third-order valence-electron chi connectivity index (χ3n) is 2.47. The van der Waals surface area contributed by atoms with Crippen LogP contribution in [0.5, 0.6) is 0 Å². The smallest absolute Gasteiger partial charge is 0.407 e. The molecule has 1 N–H and O–H groups in total. The first-order valence-corrected chi connectivity index (χ1v) is 5.89. The standard InChI is InChI=1S/C13H17NO3/c15-13(14-12-6-7-12)17-9-8-16-10-11-4-2-1-3-5-11/h1-5,12H,6-10H2,(H,14,15). The van der Waals surface area contributed by atoms with E-state index in [0.717, 1.165) is 18.4 Å². The van der Waals surface area contributed by atoms with Crippen molar-refractivity contribution in [1.29, 1.82) is 0 Å². The van der Waals surface area contributed by atoms with Gasteiger partial charge in [-0.15, -0.1) is 0 Å². The van der Waals surface area contributed by atoms with Crippen LogP contribution < -0.4 is 5.32 Å². The molecule has 0 radical (unpaired) electrons. The van der Waals surface area contributed by atoms with Crippen LogP contribution in [-0.2, 0) is 16.1 Å². The SMILES string of the molecule is O=C(NC1CC1)OCCOCc1ccccc1. The van der Waals surface area contributed by atoms with Gasteiger partial charge in [0.05, 0.1) is 13.2 Å². The van der Waals surface area contributed by atoms with E-state index in [1.807, 2.05) is 30.3 Å². The maximum Gasteiger partial charge on any atom is 0.407 e. The van der Waals surface area contributed by atoms with Crippen molar-refractivity contribution >= 4 is 6.09 Å². The minimum Gasteiger partial charge on any atom is -0.447 e. The molecule has 1 saturated carbocycles. The topological polar surface area (TPSA) is 47.6 Å². The number of hydrogen-bond acceptors (Lipinski definition) is 3. The van der Waals surface area contributed by atoms with Crippen LogP contribution in [0.1, 0.15) is 18.4 Å². The average Bonchev–Trinajstić information content (AvgIpc) is 3.14. The fraction of sp³-hybridized carbons (Fsp3) is 0.462. The van der Waals surface area contributed by atoms with Gasteiger partial charge in [-0.3, -0.25) is 0 Å². The van der Waals surface area contributed by atoms with Crippen LogP contribution in [0.2, 0.25) is 0 Å². The lowest BCUT2D eigenvalue weighted by atomic mass is 10.2. The Morgan fingerprint density at radius 1 is 1.24 bits per heavy atom. The number of alkyl carbamates (subject to hydrolysis) is 1. The van der Waals surface area contributed by atoms with Crippen molar-refractivity contribution in [3.63, 3.8) is 0 Å². The van der Waals surface area contributed by atoms with E-state index in [0.29, 0.717) is 25.9 Å². The van der Waals surface area contributed by atoms with Crippen molar-refractivity contribution < 1.29 is 14.3 Å². The summed E-state index contributed by atoms with van der Waals surface area (Å²) in [5.41, 5.74) is 1.12. The summed E-state index contributed by atoms with van der Waals surface area (Å²) >= 11 is 0. The molecular formula is C13H17NO3. The largest absolute Gasteiger partial charge is 0.447 e. The molecule has 0 bridgehead atoms. The lowest BCUT2D eigenvalue weighted by molar-refractivity contribution is 0.0646. The summed E-state index contributed by atoms with van der Waals surface area (Å²) in [5.74, 6) is 0. The highest BCUT2D eigenvalue weighted by atomic mass is 16.6. The maximum absolute atomic E-state index is 11.1. The minimum absolute atomic E-state index is 0.297. The second-order valence-electron chi connectivity index (χ2n) is 4.09. The van der Waals surface area contributed by atoms with Gasteiger partial charge in [0.15, 0.2) is 0 Å². The predicted molar refractivity (Wildman–Crippen MR) is 63.6 cm³/mol. The normalized spacial score (nSPS) is 14.4. The Bertz CT molecular complexity index is 349. The van der Waals surface area contributed by atoms with Crippen molar-refractivity contribution in [2.45, 2.75) is 25.5 Å². The van der Waals surface area contributed by atoms with Crippen LogP contribution >= 0.6 is 0 Å². The number of carbonyl (C=O) groups is 1. The minimum atomic E-state index is -0.337. The molecule has 1 aromatic carbocycles. The monoisotopic (exact) mass is 235 g/mol. The molecule has 2 rings (SSSR count). The van der Waals surface area contributed by atoms with Crippen LogP contribution in [0, 0.1) is 0 Å². The fourth-order valence-electron chi connectivity index (χ4n) is 1.39. The Morgan fingerprint density at radius 3 is 2.71 bits per heavy atom. The number of carbonyl (C=O) groups excluding carboxylic acids is 1. The van der Waals surface area contributed by atoms with E-state index in [2.05, 4.69) is 5.32 Å². The number of amides is 1. The molecule has 1 fully saturated rings. The quantitative estimate of drug-likeness (QED) is 0.768. The van der Waals surface area contributed by atoms with E-state index < -0.39 is 0 Å². The summed E-state index contributed by atoms with van der Waals surface area (Å²) in [6.07, 6.45) is 1.80. The summed E-state index contributed by atoms with van der Waals surface area (Å²) in [6, 6.07) is 10.2. The number of rotatable bonds is 6. The highest BCUT2D eigenvalue weighted by Crippen LogP contribution is 2.18. The molecule has 4 heteroatoms. The van der Waals surface area contributed by atoms with Crippen LogP contribution in [-0.4, -0.2) is 25.3 Å². The Labute approximate surface area is 101 Å². The molecule has 0 aromatic heterocycles. The zero-order valence-corrected chi connectivity index (χ0v) is 9.72. The van der Waals surface area contributed by atoms with Crippen molar-refractivity contribution in [1.82, 2.24) is 5.32 Å². The lowest BCUT2D eigenvalue weighted by Gasteiger charge is -2.06. The van der Waals surface area contributed by atoms with Gasteiger partial charge in [-0.05, 0) is 18.4 Å². The highest BCUT2D eigenvalue weighted by molar-refractivity contribution is 5.67. The first-order valence-electron chi connectivity index (χ1n) is 5.89. The summed E-state index contributed by atoms with van der Waals surface area (Å²) < 4.78 is 10.3. The van der Waals surface area contributed by atoms with Crippen LogP contribution in [0.25, 0.3) is 0 Å². The molecule has 17 heavy (non-hydrogen) atoms. The van der Waals surface area contributed by atoms with Gasteiger partial charge in [-0.25, -0.2) is 4.79 Å². The lowest BCUT2D eigenvalue weighted by Crippen LogP contribution is -2.27. The predicted octanol–water partition coefficient (Wildman–Crippen LogP) is 2.09. The number of ether oxygens (including phenoxy) is 2. The van der Waals surface area contributed by atoms with E-state index >= 15 is 0 Å². The first-order chi connectivity index (χ1) is 8.34. The zero-order chi connectivity index (χ0) is 11.9. The van der Waals surface area contributed by atoms with Crippen LogP contribution in [0.3, 0.4) is 0 Å². The van der Waals surface area contributed by atoms with E-state index in [-0.39, 0.29) is 6.09 Å². The average molecular weight is 235 g/mol. The van der Waals surface area contributed by atoms with E-state index in [1.165, 1.54) is 0 Å². The fourth-order valence-corrected chi connectivity index (χ4v) is 1.39. The number of benzene rings is 1. The number of hydrogen-bond donors (Lipinski definition) is 1. The molecule has 4 nitrogen and oxygen atoms in total. The maximum atomic E-state index is 11.1. The molecule has 0 atom stereocenters. The van der Waals surface area contributed by atoms with Crippen molar-refractivity contribution in [2.75, 3.05) is 13.2 Å². The summed E-state index contributed by atoms with van der Waals surface area (Å²) in [5, 5.41) is 2.75. The van der Waals surface area contributed by atoms with Gasteiger partial charge in [-0.1, -0.05) is 30.3 Å². The zero-order valence-electron chi connectivity index (χ0n) is 9.72. The van der Waals surface area contributed by atoms with E-state index in [1.54, 1.807) is 0 Å². The molecule has 1 amide bonds. The molecule has 92 valence electrons. The number of nitrogens with one attached hydrogen (secondary N) is 1. The van der Waals surface area contributed by atoms with Crippen LogP contribution in [0.4, 0.5) is 4.79 Å². The van der Waals surface area contributed by atoms with Gasteiger partial charge in [0.25, 0.3) is 0 Å². The molecule has 0 unspecified atom stereocenters. The highest BCUT2D eigenvalue weighted by Gasteiger charge is 2.23. The molecule has 0 heterocycles. The summed E-state index contributed by atoms with van der Waals surface area (Å²) in [6.45, 7) is 1.27. The van der Waals surface area contributed by atoms with Crippen molar-refractivity contribution in [2.24, 2.45) is 0 Å². The van der Waals surface area contributed by atoms with Gasteiger partial charge in [0.1, 0.15) is 6.61 Å². The summed E-state index contributed by atoms with van der Waals surface area (Å²) in [4.78, 5) is 11.1. The second kappa shape index (κ2) is 6.25. The molecule has 1 aromatic rings. The molecule has 0 saturated heterocycles. The Hall–Kier alpha value is -1.55. The molecule has 1 aliphatic carbocycles. The first kappa shape index (κ1) is 11.9. The third kappa shape index (κ3) is 4.87. The van der Waals surface area contributed by atoms with Gasteiger partial charge in [-0.2, -0.15) is 0 Å². The van der Waals surface area contributed by atoms with Gasteiger partial charge < -0.3 is 14.8 Å². The van der Waals surface area contributed by atoms with Crippen LogP contribution in [0.15, 0.2) is 30.3 Å². The van der Waals surface area contributed by atoms with Crippen molar-refractivity contribution in [3.8, 4) is 0 Å². The Balaban J connectivity index is 1.50. The van der Waals surface area contributed by atoms with Gasteiger partial charge in [0.2, 0.25) is 0 Å². The third-order valence-corrected chi connectivity index (χ3v) is 2.47. The van der Waals surface area contributed by atoms with Crippen molar-refractivity contribution in [3.05, 3.63) is 35.9 Å². The molecule has 0 spiro atoms. The van der Waals surface area contributed by atoms with Gasteiger partial charge in [0, 0.05) is 6.04 Å². The Morgan fingerprint density at radius 2 is 2.00 bits per heavy atom. The molecule has 0 aliphatic heterocycles. The van der Waals surface area contributed by atoms with E-state index in [4.69, 9.17) is 9.47 Å². The molecular weight excluding hydrogens is 218 g/mol.